The zero-order chi connectivity index (χ0) is 19.7. The Balaban J connectivity index is 1.56. The molecule has 2 aliphatic heterocycles. The van der Waals surface area contributed by atoms with Crippen LogP contribution in [0.2, 0.25) is 0 Å². The molecule has 1 atom stereocenters. The van der Waals surface area contributed by atoms with Crippen LogP contribution in [0.15, 0.2) is 34.7 Å². The maximum Gasteiger partial charge on any atom is 0.254 e. The molecule has 150 valence electrons. The molecule has 0 aliphatic carbocycles. The summed E-state index contributed by atoms with van der Waals surface area (Å²) in [6.07, 6.45) is 3.13. The van der Waals surface area contributed by atoms with Crippen molar-refractivity contribution >= 4 is 5.91 Å². The summed E-state index contributed by atoms with van der Waals surface area (Å²) < 4.78 is 5.76. The lowest BCUT2D eigenvalue weighted by Gasteiger charge is -2.39. The summed E-state index contributed by atoms with van der Waals surface area (Å²) >= 11 is 0. The minimum atomic E-state index is -0.134. The standard InChI is InChI=1S/C22H30N4O2/c1-16(2)14-25-11-9-22(10-12-25)13-19(20-24-23-17(3)28-20)26(15-22)21(27)18-7-5-4-6-8-18/h4-8,16,19H,9-15H2,1-3H3. The first-order valence-corrected chi connectivity index (χ1v) is 10.3. The van der Waals surface area contributed by atoms with Crippen molar-refractivity contribution in [2.24, 2.45) is 11.3 Å². The molecule has 6 heteroatoms. The maximum atomic E-state index is 13.3. The molecule has 0 bridgehead atoms. The monoisotopic (exact) mass is 382 g/mol. The number of aromatic nitrogens is 2. The van der Waals surface area contributed by atoms with Gasteiger partial charge in [-0.25, -0.2) is 0 Å². The van der Waals surface area contributed by atoms with Crippen molar-refractivity contribution in [2.45, 2.75) is 46.1 Å². The summed E-state index contributed by atoms with van der Waals surface area (Å²) in [5, 5.41) is 8.28. The molecule has 1 aromatic heterocycles. The van der Waals surface area contributed by atoms with Crippen molar-refractivity contribution in [3.8, 4) is 0 Å². The predicted molar refractivity (Wildman–Crippen MR) is 107 cm³/mol. The molecule has 1 spiro atoms. The maximum absolute atomic E-state index is 13.3. The van der Waals surface area contributed by atoms with E-state index in [0.29, 0.717) is 17.7 Å². The molecular formula is C22H30N4O2. The average Bonchev–Trinajstić information content (AvgIpc) is 3.28. The van der Waals surface area contributed by atoms with Gasteiger partial charge in [0.1, 0.15) is 6.04 Å². The van der Waals surface area contributed by atoms with E-state index >= 15 is 0 Å². The van der Waals surface area contributed by atoms with E-state index in [1.165, 1.54) is 0 Å². The van der Waals surface area contributed by atoms with Crippen LogP contribution >= 0.6 is 0 Å². The van der Waals surface area contributed by atoms with Crippen LogP contribution in [-0.2, 0) is 0 Å². The summed E-state index contributed by atoms with van der Waals surface area (Å²) in [6.45, 7) is 10.5. The molecule has 2 aliphatic rings. The van der Waals surface area contributed by atoms with Crippen molar-refractivity contribution in [3.63, 3.8) is 0 Å². The van der Waals surface area contributed by atoms with Crippen LogP contribution in [0.1, 0.15) is 61.3 Å². The van der Waals surface area contributed by atoms with Gasteiger partial charge < -0.3 is 14.2 Å². The van der Waals surface area contributed by atoms with Gasteiger partial charge in [0.2, 0.25) is 11.8 Å². The van der Waals surface area contributed by atoms with E-state index in [0.717, 1.165) is 51.0 Å². The fourth-order valence-corrected chi connectivity index (χ4v) is 4.77. The molecule has 0 radical (unpaired) electrons. The van der Waals surface area contributed by atoms with Gasteiger partial charge in [-0.05, 0) is 55.8 Å². The van der Waals surface area contributed by atoms with Crippen molar-refractivity contribution in [1.29, 1.82) is 0 Å². The number of nitrogens with zero attached hydrogens (tertiary/aromatic N) is 4. The summed E-state index contributed by atoms with van der Waals surface area (Å²) in [6, 6.07) is 9.39. The van der Waals surface area contributed by atoms with E-state index in [1.54, 1.807) is 6.92 Å². The number of aryl methyl sites for hydroxylation is 1. The summed E-state index contributed by atoms with van der Waals surface area (Å²) in [7, 11) is 0. The zero-order valence-electron chi connectivity index (χ0n) is 17.1. The Labute approximate surface area is 166 Å². The first kappa shape index (κ1) is 19.1. The van der Waals surface area contributed by atoms with Crippen molar-refractivity contribution in [1.82, 2.24) is 20.0 Å². The van der Waals surface area contributed by atoms with Crippen LogP contribution in [0.25, 0.3) is 0 Å². The second-order valence-electron chi connectivity index (χ2n) is 8.87. The third kappa shape index (κ3) is 3.83. The highest BCUT2D eigenvalue weighted by Gasteiger charge is 2.49. The Hall–Kier alpha value is -2.21. The van der Waals surface area contributed by atoms with Gasteiger partial charge in [-0.15, -0.1) is 10.2 Å². The molecule has 3 heterocycles. The number of hydrogen-bond donors (Lipinski definition) is 0. The highest BCUT2D eigenvalue weighted by Crippen LogP contribution is 2.49. The van der Waals surface area contributed by atoms with Crippen molar-refractivity contribution < 1.29 is 9.21 Å². The molecule has 0 N–H and O–H groups in total. The van der Waals surface area contributed by atoms with Crippen LogP contribution in [-0.4, -0.2) is 52.1 Å². The summed E-state index contributed by atoms with van der Waals surface area (Å²) in [4.78, 5) is 17.8. The van der Waals surface area contributed by atoms with E-state index in [2.05, 4.69) is 28.9 Å². The van der Waals surface area contributed by atoms with Gasteiger partial charge in [-0.2, -0.15) is 0 Å². The van der Waals surface area contributed by atoms with Crippen molar-refractivity contribution in [2.75, 3.05) is 26.2 Å². The highest BCUT2D eigenvalue weighted by molar-refractivity contribution is 5.94. The number of likely N-dealkylation sites (tertiary alicyclic amines) is 2. The van der Waals surface area contributed by atoms with E-state index in [4.69, 9.17) is 4.42 Å². The van der Waals surface area contributed by atoms with Gasteiger partial charge in [0.05, 0.1) is 0 Å². The lowest BCUT2D eigenvalue weighted by Crippen LogP contribution is -2.43. The lowest BCUT2D eigenvalue weighted by molar-refractivity contribution is 0.0665. The number of rotatable bonds is 4. The molecular weight excluding hydrogens is 352 g/mol. The molecule has 2 saturated heterocycles. The Kier molecular flexibility index (Phi) is 5.23. The minimum absolute atomic E-state index is 0.0583. The lowest BCUT2D eigenvalue weighted by atomic mass is 9.76. The van der Waals surface area contributed by atoms with Gasteiger partial charge in [0, 0.05) is 25.6 Å². The molecule has 6 nitrogen and oxygen atoms in total. The topological polar surface area (TPSA) is 62.5 Å². The van der Waals surface area contributed by atoms with Crippen LogP contribution in [0.3, 0.4) is 0 Å². The fourth-order valence-electron chi connectivity index (χ4n) is 4.77. The molecule has 0 saturated carbocycles. The number of amides is 1. The third-order valence-corrected chi connectivity index (χ3v) is 6.16. The van der Waals surface area contributed by atoms with E-state index < -0.39 is 0 Å². The van der Waals surface area contributed by atoms with E-state index in [-0.39, 0.29) is 17.4 Å². The summed E-state index contributed by atoms with van der Waals surface area (Å²) in [5.74, 6) is 1.86. The molecule has 1 amide bonds. The predicted octanol–water partition coefficient (Wildman–Crippen LogP) is 3.70. The van der Waals surface area contributed by atoms with Gasteiger partial charge in [-0.1, -0.05) is 32.0 Å². The Morgan fingerprint density at radius 1 is 1.21 bits per heavy atom. The third-order valence-electron chi connectivity index (χ3n) is 6.16. The fraction of sp³-hybridized carbons (Fsp3) is 0.591. The van der Waals surface area contributed by atoms with Gasteiger partial charge in [0.25, 0.3) is 5.91 Å². The normalized spacial score (nSPS) is 22.3. The highest BCUT2D eigenvalue weighted by atomic mass is 16.4. The largest absolute Gasteiger partial charge is 0.423 e. The summed E-state index contributed by atoms with van der Waals surface area (Å²) in [5.41, 5.74) is 0.864. The van der Waals surface area contributed by atoms with Gasteiger partial charge in [0.15, 0.2) is 0 Å². The molecule has 28 heavy (non-hydrogen) atoms. The number of carbonyl (C=O) groups excluding carboxylic acids is 1. The van der Waals surface area contributed by atoms with E-state index in [1.807, 2.05) is 35.2 Å². The smallest absolute Gasteiger partial charge is 0.254 e. The molecule has 1 unspecified atom stereocenters. The number of benzene rings is 1. The average molecular weight is 383 g/mol. The number of piperidine rings is 1. The second-order valence-corrected chi connectivity index (χ2v) is 8.87. The Bertz CT molecular complexity index is 809. The number of carbonyl (C=O) groups is 1. The van der Waals surface area contributed by atoms with Gasteiger partial charge in [-0.3, -0.25) is 4.79 Å². The van der Waals surface area contributed by atoms with Crippen LogP contribution in [0.4, 0.5) is 0 Å². The number of hydrogen-bond acceptors (Lipinski definition) is 5. The van der Waals surface area contributed by atoms with Crippen molar-refractivity contribution in [3.05, 3.63) is 47.7 Å². The first-order valence-electron chi connectivity index (χ1n) is 10.3. The van der Waals surface area contributed by atoms with Gasteiger partial charge >= 0.3 is 0 Å². The van der Waals surface area contributed by atoms with E-state index in [9.17, 15) is 4.79 Å². The molecule has 2 fully saturated rings. The molecule has 1 aromatic carbocycles. The van der Waals surface area contributed by atoms with Crippen LogP contribution < -0.4 is 0 Å². The zero-order valence-corrected chi connectivity index (χ0v) is 17.1. The second kappa shape index (κ2) is 7.66. The Morgan fingerprint density at radius 2 is 1.93 bits per heavy atom. The first-order chi connectivity index (χ1) is 13.5. The van der Waals surface area contributed by atoms with Crippen LogP contribution in [0, 0.1) is 18.3 Å². The molecule has 4 rings (SSSR count). The SMILES string of the molecule is Cc1nnc(C2CC3(CCN(CC(C)C)CC3)CN2C(=O)c2ccccc2)o1. The minimum Gasteiger partial charge on any atom is -0.423 e. The Morgan fingerprint density at radius 3 is 2.54 bits per heavy atom. The quantitative estimate of drug-likeness (QED) is 0.807. The molecule has 2 aromatic rings. The van der Waals surface area contributed by atoms with Crippen LogP contribution in [0.5, 0.6) is 0 Å².